The molecule has 0 spiro atoms. The molecule has 0 radical (unpaired) electrons. The fourth-order valence-electron chi connectivity index (χ4n) is 9.17. The highest BCUT2D eigenvalue weighted by Crippen LogP contribution is 2.17. The summed E-state index contributed by atoms with van der Waals surface area (Å²) >= 11 is 0. The monoisotopic (exact) mass is 1030 g/mol. The standard InChI is InChI=1S/C68H120O6/c1-4-7-10-13-16-19-22-25-27-29-30-31-32-33-34-35-36-37-38-40-41-43-46-49-52-55-58-61-67(70)73-64-65(63-72-66(69)60-57-54-51-48-45-24-21-18-15-12-9-6-3)74-68(71)62-59-56-53-50-47-44-42-39-28-26-23-20-17-14-11-8-5-2/h8,11,17,20,22,25-26,28-30,32-33,65H,4-7,9-10,12-16,18-19,21,23-24,27,31,34-64H2,1-3H3/b11-8-,20-17-,25-22-,28-26-,30-29-,33-32-. The number of carbonyl (C=O) groups excluding carboxylic acids is 3. The summed E-state index contributed by atoms with van der Waals surface area (Å²) in [5.41, 5.74) is 0. The lowest BCUT2D eigenvalue weighted by molar-refractivity contribution is -0.167. The zero-order valence-electron chi connectivity index (χ0n) is 49.1. The molecule has 0 aliphatic heterocycles. The van der Waals surface area contributed by atoms with Gasteiger partial charge in [0.25, 0.3) is 0 Å². The number of ether oxygens (including phenoxy) is 3. The van der Waals surface area contributed by atoms with E-state index in [0.29, 0.717) is 19.3 Å². The van der Waals surface area contributed by atoms with Crippen LogP contribution in [-0.4, -0.2) is 37.2 Å². The van der Waals surface area contributed by atoms with Gasteiger partial charge >= 0.3 is 17.9 Å². The highest BCUT2D eigenvalue weighted by atomic mass is 16.6. The lowest BCUT2D eigenvalue weighted by Crippen LogP contribution is -2.30. The predicted molar refractivity (Wildman–Crippen MR) is 321 cm³/mol. The van der Waals surface area contributed by atoms with Gasteiger partial charge in [-0.1, -0.05) is 286 Å². The average Bonchev–Trinajstić information content (AvgIpc) is 3.40. The van der Waals surface area contributed by atoms with Crippen LogP contribution in [0.3, 0.4) is 0 Å². The van der Waals surface area contributed by atoms with Crippen LogP contribution in [0.5, 0.6) is 0 Å². The van der Waals surface area contributed by atoms with Crippen molar-refractivity contribution < 1.29 is 28.6 Å². The lowest BCUT2D eigenvalue weighted by Gasteiger charge is -2.18. The third-order valence-corrected chi connectivity index (χ3v) is 13.9. The van der Waals surface area contributed by atoms with E-state index < -0.39 is 6.10 Å². The summed E-state index contributed by atoms with van der Waals surface area (Å²) in [6.45, 7) is 6.54. The largest absolute Gasteiger partial charge is 0.462 e. The van der Waals surface area contributed by atoms with Gasteiger partial charge in [0, 0.05) is 19.3 Å². The van der Waals surface area contributed by atoms with Crippen LogP contribution in [0, 0.1) is 0 Å². The molecule has 74 heavy (non-hydrogen) atoms. The first-order chi connectivity index (χ1) is 36.5. The molecule has 0 rings (SSSR count). The Morgan fingerprint density at radius 2 is 0.527 bits per heavy atom. The van der Waals surface area contributed by atoms with E-state index in [4.69, 9.17) is 14.2 Å². The Balaban J connectivity index is 4.25. The molecule has 428 valence electrons. The lowest BCUT2D eigenvalue weighted by atomic mass is 10.0. The highest BCUT2D eigenvalue weighted by Gasteiger charge is 2.19. The van der Waals surface area contributed by atoms with E-state index in [1.807, 2.05) is 0 Å². The van der Waals surface area contributed by atoms with Crippen LogP contribution in [-0.2, 0) is 28.6 Å². The summed E-state index contributed by atoms with van der Waals surface area (Å²) in [4.78, 5) is 38.2. The normalized spacial score (nSPS) is 12.5. The second-order valence-electron chi connectivity index (χ2n) is 21.3. The smallest absolute Gasteiger partial charge is 0.306 e. The summed E-state index contributed by atoms with van der Waals surface area (Å²) < 4.78 is 16.9. The zero-order valence-corrected chi connectivity index (χ0v) is 49.1. The molecule has 0 N–H and O–H groups in total. The van der Waals surface area contributed by atoms with Crippen molar-refractivity contribution in [3.05, 3.63) is 72.9 Å². The molecule has 0 aromatic carbocycles. The van der Waals surface area contributed by atoms with E-state index in [2.05, 4.69) is 93.7 Å². The average molecular weight is 1030 g/mol. The Bertz CT molecular complexity index is 1370. The summed E-state index contributed by atoms with van der Waals surface area (Å²) in [7, 11) is 0. The van der Waals surface area contributed by atoms with Gasteiger partial charge in [0.15, 0.2) is 6.10 Å². The van der Waals surface area contributed by atoms with Crippen LogP contribution in [0.15, 0.2) is 72.9 Å². The Kier molecular flexibility index (Phi) is 59.7. The van der Waals surface area contributed by atoms with Crippen molar-refractivity contribution in [1.82, 2.24) is 0 Å². The number of unbranched alkanes of at least 4 members (excludes halogenated alkanes) is 35. The van der Waals surface area contributed by atoms with Gasteiger partial charge in [-0.2, -0.15) is 0 Å². The van der Waals surface area contributed by atoms with E-state index in [9.17, 15) is 14.4 Å². The number of allylic oxidation sites excluding steroid dienone is 12. The van der Waals surface area contributed by atoms with Crippen molar-refractivity contribution in [3.63, 3.8) is 0 Å². The summed E-state index contributed by atoms with van der Waals surface area (Å²) in [5.74, 6) is -0.875. The Hall–Kier alpha value is -3.15. The molecule has 0 aliphatic rings. The van der Waals surface area contributed by atoms with Crippen LogP contribution < -0.4 is 0 Å². The fourth-order valence-corrected chi connectivity index (χ4v) is 9.17. The number of hydrogen-bond acceptors (Lipinski definition) is 6. The zero-order chi connectivity index (χ0) is 53.6. The number of hydrogen-bond donors (Lipinski definition) is 0. The number of esters is 3. The van der Waals surface area contributed by atoms with E-state index in [0.717, 1.165) is 96.3 Å². The maximum Gasteiger partial charge on any atom is 0.306 e. The van der Waals surface area contributed by atoms with Gasteiger partial charge in [0.1, 0.15) is 13.2 Å². The maximum atomic E-state index is 12.9. The van der Waals surface area contributed by atoms with Crippen molar-refractivity contribution >= 4 is 17.9 Å². The Labute approximate surface area is 459 Å². The highest BCUT2D eigenvalue weighted by molar-refractivity contribution is 5.71. The van der Waals surface area contributed by atoms with E-state index in [1.165, 1.54) is 186 Å². The van der Waals surface area contributed by atoms with Gasteiger partial charge in [-0.05, 0) is 89.9 Å². The summed E-state index contributed by atoms with van der Waals surface area (Å²) in [6.07, 6.45) is 80.5. The molecular weight excluding hydrogens is 913 g/mol. The molecule has 0 fully saturated rings. The molecule has 1 unspecified atom stereocenters. The maximum absolute atomic E-state index is 12.9. The Morgan fingerprint density at radius 3 is 0.824 bits per heavy atom. The fraction of sp³-hybridized carbons (Fsp3) is 0.779. The minimum Gasteiger partial charge on any atom is -0.462 e. The first-order valence-electron chi connectivity index (χ1n) is 31.9. The van der Waals surface area contributed by atoms with E-state index in [-0.39, 0.29) is 31.1 Å². The van der Waals surface area contributed by atoms with Gasteiger partial charge in [0.2, 0.25) is 0 Å². The molecule has 1 atom stereocenters. The second-order valence-corrected chi connectivity index (χ2v) is 21.3. The third kappa shape index (κ3) is 59.7. The first-order valence-corrected chi connectivity index (χ1v) is 31.9. The Morgan fingerprint density at radius 1 is 0.284 bits per heavy atom. The van der Waals surface area contributed by atoms with Gasteiger partial charge in [-0.25, -0.2) is 0 Å². The number of carbonyl (C=O) groups is 3. The molecule has 6 nitrogen and oxygen atoms in total. The van der Waals surface area contributed by atoms with Crippen LogP contribution in [0.2, 0.25) is 0 Å². The molecule has 0 saturated carbocycles. The summed E-state index contributed by atoms with van der Waals surface area (Å²) in [5, 5.41) is 0. The molecule has 0 aromatic rings. The van der Waals surface area contributed by atoms with Crippen LogP contribution in [0.1, 0.15) is 323 Å². The minimum atomic E-state index is -0.780. The molecule has 0 aliphatic carbocycles. The van der Waals surface area contributed by atoms with Gasteiger partial charge < -0.3 is 14.2 Å². The molecule has 0 saturated heterocycles. The second kappa shape index (κ2) is 62.4. The van der Waals surface area contributed by atoms with Gasteiger partial charge in [0.05, 0.1) is 0 Å². The first kappa shape index (κ1) is 70.8. The van der Waals surface area contributed by atoms with Crippen molar-refractivity contribution in [1.29, 1.82) is 0 Å². The molecule has 0 aromatic heterocycles. The molecular formula is C68H120O6. The van der Waals surface area contributed by atoms with Crippen molar-refractivity contribution in [3.8, 4) is 0 Å². The molecule has 0 heterocycles. The predicted octanol–water partition coefficient (Wildman–Crippen LogP) is 21.7. The van der Waals surface area contributed by atoms with Gasteiger partial charge in [-0.3, -0.25) is 14.4 Å². The molecule has 0 amide bonds. The van der Waals surface area contributed by atoms with Crippen molar-refractivity contribution in [2.45, 2.75) is 329 Å². The minimum absolute atomic E-state index is 0.0768. The third-order valence-electron chi connectivity index (χ3n) is 13.9. The number of rotatable bonds is 58. The van der Waals surface area contributed by atoms with Crippen LogP contribution in [0.25, 0.3) is 0 Å². The SMILES string of the molecule is CC/C=C\C/C=C\C/C=C\CCCCCCCCCC(=O)OC(COC(=O)CCCCCCCCCCCCCC)COC(=O)CCCCCCCCCCCCCC/C=C\C/C=C\C/C=C\CCCCCCC. The molecule has 6 heteroatoms. The van der Waals surface area contributed by atoms with Crippen molar-refractivity contribution in [2.24, 2.45) is 0 Å². The topological polar surface area (TPSA) is 78.9 Å². The molecule has 0 bridgehead atoms. The quantitative estimate of drug-likeness (QED) is 0.0261. The van der Waals surface area contributed by atoms with E-state index >= 15 is 0 Å². The van der Waals surface area contributed by atoms with Crippen molar-refractivity contribution in [2.75, 3.05) is 13.2 Å². The van der Waals surface area contributed by atoms with E-state index in [1.54, 1.807) is 0 Å². The van der Waals surface area contributed by atoms with Crippen LogP contribution >= 0.6 is 0 Å². The van der Waals surface area contributed by atoms with Crippen LogP contribution in [0.4, 0.5) is 0 Å². The van der Waals surface area contributed by atoms with Gasteiger partial charge in [-0.15, -0.1) is 0 Å². The summed E-state index contributed by atoms with van der Waals surface area (Å²) in [6, 6.07) is 0.